The van der Waals surface area contributed by atoms with E-state index >= 15 is 0 Å². The number of hydrogen-bond donors (Lipinski definition) is 1. The van der Waals surface area contributed by atoms with Crippen molar-refractivity contribution in [2.24, 2.45) is 0 Å². The van der Waals surface area contributed by atoms with E-state index in [9.17, 15) is 4.79 Å². The zero-order valence-electron chi connectivity index (χ0n) is 15.0. The fraction of sp³-hybridized carbons (Fsp3) is 0.182. The fourth-order valence-electron chi connectivity index (χ4n) is 3.25. The van der Waals surface area contributed by atoms with Gasteiger partial charge in [-0.3, -0.25) is 9.78 Å². The summed E-state index contributed by atoms with van der Waals surface area (Å²) < 4.78 is 5.68. The number of nitrogens with one attached hydrogen (secondary N) is 1. The molecule has 136 valence electrons. The van der Waals surface area contributed by atoms with E-state index in [1.165, 1.54) is 0 Å². The molecule has 1 aromatic heterocycles. The van der Waals surface area contributed by atoms with Crippen LogP contribution in [0, 0.1) is 6.92 Å². The molecule has 2 aromatic carbocycles. The lowest BCUT2D eigenvalue weighted by molar-refractivity contribution is 0.0957. The van der Waals surface area contributed by atoms with Crippen molar-refractivity contribution in [3.8, 4) is 16.9 Å². The number of ether oxygens (including phenoxy) is 1. The first-order chi connectivity index (χ1) is 13.1. The summed E-state index contributed by atoms with van der Waals surface area (Å²) in [7, 11) is 0. The van der Waals surface area contributed by atoms with Crippen LogP contribution in [0.4, 0.5) is 0 Å². The summed E-state index contributed by atoms with van der Waals surface area (Å²) in [5.74, 6) is 0.345. The SMILES string of the molecule is Cc1c(Cc2ccc(-c3cccnc3)cc2)cc2c(c1Cl)OCCNC2=O. The molecule has 1 aliphatic rings. The van der Waals surface area contributed by atoms with Crippen LogP contribution < -0.4 is 10.1 Å². The molecule has 0 saturated carbocycles. The van der Waals surface area contributed by atoms with Gasteiger partial charge in [0.1, 0.15) is 6.61 Å². The van der Waals surface area contributed by atoms with E-state index in [1.54, 1.807) is 6.20 Å². The molecule has 0 fully saturated rings. The highest BCUT2D eigenvalue weighted by Crippen LogP contribution is 2.36. The van der Waals surface area contributed by atoms with Gasteiger partial charge in [0.25, 0.3) is 5.91 Å². The summed E-state index contributed by atoms with van der Waals surface area (Å²) in [6, 6.07) is 14.2. The van der Waals surface area contributed by atoms with Gasteiger partial charge in [-0.05, 0) is 53.3 Å². The molecule has 0 unspecified atom stereocenters. The van der Waals surface area contributed by atoms with Crippen molar-refractivity contribution in [3.05, 3.63) is 82.1 Å². The van der Waals surface area contributed by atoms with Gasteiger partial charge in [-0.25, -0.2) is 0 Å². The summed E-state index contributed by atoms with van der Waals surface area (Å²) >= 11 is 6.51. The second-order valence-corrected chi connectivity index (χ2v) is 6.95. The minimum Gasteiger partial charge on any atom is -0.489 e. The highest BCUT2D eigenvalue weighted by atomic mass is 35.5. The number of carbonyl (C=O) groups is 1. The molecule has 4 rings (SSSR count). The van der Waals surface area contributed by atoms with Crippen LogP contribution in [0.25, 0.3) is 11.1 Å². The van der Waals surface area contributed by atoms with Crippen LogP contribution in [0.15, 0.2) is 54.9 Å². The smallest absolute Gasteiger partial charge is 0.255 e. The van der Waals surface area contributed by atoms with Crippen LogP contribution in [0.5, 0.6) is 5.75 Å². The fourth-order valence-corrected chi connectivity index (χ4v) is 3.53. The third-order valence-electron chi connectivity index (χ3n) is 4.80. The van der Waals surface area contributed by atoms with E-state index < -0.39 is 0 Å². The Bertz CT molecular complexity index is 985. The molecule has 0 aliphatic carbocycles. The maximum absolute atomic E-state index is 12.3. The lowest BCUT2D eigenvalue weighted by Gasteiger charge is -2.15. The van der Waals surface area contributed by atoms with Crippen molar-refractivity contribution < 1.29 is 9.53 Å². The Morgan fingerprint density at radius 2 is 2.00 bits per heavy atom. The van der Waals surface area contributed by atoms with E-state index in [0.717, 1.165) is 27.8 Å². The molecule has 0 bridgehead atoms. The van der Waals surface area contributed by atoms with Gasteiger partial charge >= 0.3 is 0 Å². The Kier molecular flexibility index (Phi) is 4.82. The van der Waals surface area contributed by atoms with Crippen molar-refractivity contribution in [2.75, 3.05) is 13.2 Å². The predicted octanol–water partition coefficient (Wildman–Crippen LogP) is 4.42. The molecule has 27 heavy (non-hydrogen) atoms. The Hall–Kier alpha value is -2.85. The number of halogens is 1. The number of fused-ring (bicyclic) bond motifs is 1. The van der Waals surface area contributed by atoms with Crippen LogP contribution >= 0.6 is 11.6 Å². The first kappa shape index (κ1) is 17.6. The molecule has 0 saturated heterocycles. The molecular formula is C22H19ClN2O2. The van der Waals surface area contributed by atoms with Crippen LogP contribution in [0.2, 0.25) is 5.02 Å². The largest absolute Gasteiger partial charge is 0.489 e. The zero-order chi connectivity index (χ0) is 18.8. The molecule has 1 amide bonds. The van der Waals surface area contributed by atoms with Gasteiger partial charge in [0.05, 0.1) is 17.1 Å². The molecule has 0 radical (unpaired) electrons. The van der Waals surface area contributed by atoms with Crippen molar-refractivity contribution >= 4 is 17.5 Å². The van der Waals surface area contributed by atoms with Crippen molar-refractivity contribution in [1.29, 1.82) is 0 Å². The quantitative estimate of drug-likeness (QED) is 0.733. The van der Waals surface area contributed by atoms with Crippen LogP contribution in [0.3, 0.4) is 0 Å². The maximum atomic E-state index is 12.3. The highest BCUT2D eigenvalue weighted by Gasteiger charge is 2.22. The van der Waals surface area contributed by atoms with E-state index in [-0.39, 0.29) is 5.91 Å². The Morgan fingerprint density at radius 3 is 2.74 bits per heavy atom. The van der Waals surface area contributed by atoms with E-state index in [0.29, 0.717) is 35.9 Å². The number of aromatic nitrogens is 1. The van der Waals surface area contributed by atoms with Gasteiger partial charge in [0, 0.05) is 12.4 Å². The average Bonchev–Trinajstić information content (AvgIpc) is 2.89. The van der Waals surface area contributed by atoms with E-state index in [4.69, 9.17) is 16.3 Å². The van der Waals surface area contributed by atoms with Gasteiger partial charge in [0.2, 0.25) is 0 Å². The van der Waals surface area contributed by atoms with Crippen LogP contribution in [-0.4, -0.2) is 24.0 Å². The number of nitrogens with zero attached hydrogens (tertiary/aromatic N) is 1. The first-order valence-electron chi connectivity index (χ1n) is 8.86. The Morgan fingerprint density at radius 1 is 1.19 bits per heavy atom. The minimum atomic E-state index is -0.141. The summed E-state index contributed by atoms with van der Waals surface area (Å²) in [4.78, 5) is 16.5. The topological polar surface area (TPSA) is 51.2 Å². The van der Waals surface area contributed by atoms with Gasteiger partial charge < -0.3 is 10.1 Å². The summed E-state index contributed by atoms with van der Waals surface area (Å²) in [6.45, 7) is 2.87. The Balaban J connectivity index is 1.65. The van der Waals surface area contributed by atoms with Gasteiger partial charge in [-0.2, -0.15) is 0 Å². The lowest BCUT2D eigenvalue weighted by atomic mass is 9.96. The van der Waals surface area contributed by atoms with E-state index in [2.05, 4.69) is 34.6 Å². The molecule has 2 heterocycles. The lowest BCUT2D eigenvalue weighted by Crippen LogP contribution is -2.24. The van der Waals surface area contributed by atoms with Gasteiger partial charge in [-0.15, -0.1) is 0 Å². The highest BCUT2D eigenvalue weighted by molar-refractivity contribution is 6.33. The standard InChI is InChI=1S/C22H19ClN2O2/c1-14-18(12-19-21(20(14)23)27-10-9-25-22(19)26)11-15-4-6-16(7-5-15)17-3-2-8-24-13-17/h2-8,12-13H,9-11H2,1H3,(H,25,26). The molecule has 0 atom stereocenters. The predicted molar refractivity (Wildman–Crippen MR) is 106 cm³/mol. The van der Waals surface area contributed by atoms with Crippen molar-refractivity contribution in [1.82, 2.24) is 10.3 Å². The van der Waals surface area contributed by atoms with Crippen molar-refractivity contribution in [2.45, 2.75) is 13.3 Å². The Labute approximate surface area is 163 Å². The summed E-state index contributed by atoms with van der Waals surface area (Å²) in [5, 5.41) is 3.36. The van der Waals surface area contributed by atoms with E-state index in [1.807, 2.05) is 31.3 Å². The molecule has 4 nitrogen and oxygen atoms in total. The summed E-state index contributed by atoms with van der Waals surface area (Å²) in [6.07, 6.45) is 4.31. The number of carbonyl (C=O) groups excluding carboxylic acids is 1. The first-order valence-corrected chi connectivity index (χ1v) is 9.23. The number of amides is 1. The normalized spacial score (nSPS) is 13.3. The minimum absolute atomic E-state index is 0.141. The van der Waals surface area contributed by atoms with Crippen molar-refractivity contribution in [3.63, 3.8) is 0 Å². The number of hydrogen-bond acceptors (Lipinski definition) is 3. The number of benzene rings is 2. The third-order valence-corrected chi connectivity index (χ3v) is 5.25. The molecule has 1 N–H and O–H groups in total. The second-order valence-electron chi connectivity index (χ2n) is 6.57. The maximum Gasteiger partial charge on any atom is 0.255 e. The van der Waals surface area contributed by atoms with Gasteiger partial charge in [0.15, 0.2) is 5.75 Å². The molecule has 3 aromatic rings. The average molecular weight is 379 g/mol. The third kappa shape index (κ3) is 3.53. The number of pyridine rings is 1. The van der Waals surface area contributed by atoms with Gasteiger partial charge in [-0.1, -0.05) is 41.9 Å². The summed E-state index contributed by atoms with van der Waals surface area (Å²) in [5.41, 5.74) is 5.83. The molecule has 0 spiro atoms. The van der Waals surface area contributed by atoms with Crippen LogP contribution in [0.1, 0.15) is 27.0 Å². The molecular weight excluding hydrogens is 360 g/mol. The number of rotatable bonds is 3. The second kappa shape index (κ2) is 7.41. The molecule has 1 aliphatic heterocycles. The van der Waals surface area contributed by atoms with Crippen LogP contribution in [-0.2, 0) is 6.42 Å². The monoisotopic (exact) mass is 378 g/mol. The molecule has 5 heteroatoms. The zero-order valence-corrected chi connectivity index (χ0v) is 15.7.